The summed E-state index contributed by atoms with van der Waals surface area (Å²) in [7, 11) is 0. The van der Waals surface area contributed by atoms with Crippen LogP contribution in [0.3, 0.4) is 0 Å². The van der Waals surface area contributed by atoms with Gasteiger partial charge in [-0.15, -0.1) is 0 Å². The summed E-state index contributed by atoms with van der Waals surface area (Å²) in [6.45, 7) is 3.99. The molecule has 1 N–H and O–H groups in total. The van der Waals surface area contributed by atoms with Crippen molar-refractivity contribution in [1.29, 1.82) is 0 Å². The van der Waals surface area contributed by atoms with Crippen molar-refractivity contribution in [3.8, 4) is 0 Å². The predicted octanol–water partition coefficient (Wildman–Crippen LogP) is 4.13. The topological polar surface area (TPSA) is 46.9 Å². The van der Waals surface area contributed by atoms with Crippen molar-refractivity contribution in [2.45, 2.75) is 19.9 Å². The van der Waals surface area contributed by atoms with Crippen LogP contribution in [-0.4, -0.2) is 15.5 Å². The van der Waals surface area contributed by atoms with Gasteiger partial charge in [0.2, 0.25) is 0 Å². The Hall–Kier alpha value is -1.33. The fourth-order valence-corrected chi connectivity index (χ4v) is 2.28. The van der Waals surface area contributed by atoms with Crippen LogP contribution in [0.2, 0.25) is 5.02 Å². The summed E-state index contributed by atoms with van der Waals surface area (Å²) in [5, 5.41) is 3.35. The van der Waals surface area contributed by atoms with Crippen LogP contribution in [0.25, 0.3) is 0 Å². The molecular weight excluding hydrogens is 330 g/mol. The minimum Gasteiger partial charge on any atom is -0.339 e. The van der Waals surface area contributed by atoms with Crippen molar-refractivity contribution >= 4 is 39.1 Å². The van der Waals surface area contributed by atoms with Gasteiger partial charge >= 0.3 is 0 Å². The van der Waals surface area contributed by atoms with Crippen molar-refractivity contribution in [2.24, 2.45) is 0 Å². The zero-order valence-corrected chi connectivity index (χ0v) is 12.9. The number of nitrogens with zero attached hydrogens (tertiary/aromatic N) is 2. The molecule has 0 aliphatic carbocycles. The van der Waals surface area contributed by atoms with E-state index < -0.39 is 0 Å². The monoisotopic (exact) mass is 341 g/mol. The highest BCUT2D eigenvalue weighted by molar-refractivity contribution is 9.10. The third-order valence-electron chi connectivity index (χ3n) is 2.61. The normalized spacial score (nSPS) is 10.8. The van der Waals surface area contributed by atoms with Gasteiger partial charge in [-0.2, -0.15) is 0 Å². The standard InChI is InChI=1S/C13H13BrClN3O/c1-8(2)18-7-9(15)6-11(18)13(19)17-10-4-3-5-16-12(10)14/h3-8H,1-2H3,(H,17,19). The highest BCUT2D eigenvalue weighted by Gasteiger charge is 2.16. The summed E-state index contributed by atoms with van der Waals surface area (Å²) in [5.74, 6) is -0.214. The van der Waals surface area contributed by atoms with Crippen LogP contribution in [-0.2, 0) is 0 Å². The van der Waals surface area contributed by atoms with Gasteiger partial charge in [-0.25, -0.2) is 4.98 Å². The van der Waals surface area contributed by atoms with E-state index in [4.69, 9.17) is 11.6 Å². The van der Waals surface area contributed by atoms with E-state index in [1.807, 2.05) is 18.4 Å². The lowest BCUT2D eigenvalue weighted by Gasteiger charge is -2.13. The van der Waals surface area contributed by atoms with E-state index in [9.17, 15) is 4.79 Å². The van der Waals surface area contributed by atoms with Crippen molar-refractivity contribution in [3.63, 3.8) is 0 Å². The van der Waals surface area contributed by atoms with Crippen LogP contribution < -0.4 is 5.32 Å². The van der Waals surface area contributed by atoms with E-state index in [2.05, 4.69) is 26.2 Å². The number of nitrogens with one attached hydrogen (secondary N) is 1. The molecule has 0 atom stereocenters. The second-order valence-electron chi connectivity index (χ2n) is 4.34. The second kappa shape index (κ2) is 5.75. The first-order valence-electron chi connectivity index (χ1n) is 5.78. The second-order valence-corrected chi connectivity index (χ2v) is 5.53. The van der Waals surface area contributed by atoms with Crippen molar-refractivity contribution in [3.05, 3.63) is 45.9 Å². The Bertz CT molecular complexity index is 610. The fourth-order valence-electron chi connectivity index (χ4n) is 1.72. The zero-order chi connectivity index (χ0) is 14.0. The van der Waals surface area contributed by atoms with Gasteiger partial charge in [-0.1, -0.05) is 11.6 Å². The number of hydrogen-bond donors (Lipinski definition) is 1. The molecule has 2 aromatic rings. The molecule has 0 unspecified atom stereocenters. The molecule has 2 aromatic heterocycles. The molecule has 4 nitrogen and oxygen atoms in total. The first-order chi connectivity index (χ1) is 8.99. The van der Waals surface area contributed by atoms with Gasteiger partial charge < -0.3 is 9.88 Å². The summed E-state index contributed by atoms with van der Waals surface area (Å²) >= 11 is 9.26. The van der Waals surface area contributed by atoms with Crippen molar-refractivity contribution in [1.82, 2.24) is 9.55 Å². The first kappa shape index (κ1) is 14.1. The molecule has 0 saturated heterocycles. The first-order valence-corrected chi connectivity index (χ1v) is 6.95. The van der Waals surface area contributed by atoms with Crippen LogP contribution >= 0.6 is 27.5 Å². The minimum absolute atomic E-state index is 0.158. The number of hydrogen-bond acceptors (Lipinski definition) is 2. The van der Waals surface area contributed by atoms with Crippen molar-refractivity contribution < 1.29 is 4.79 Å². The lowest BCUT2D eigenvalue weighted by molar-refractivity contribution is 0.101. The number of halogens is 2. The number of anilines is 1. The molecule has 0 aliphatic heterocycles. The van der Waals surface area contributed by atoms with E-state index in [0.717, 1.165) is 0 Å². The number of aromatic nitrogens is 2. The Kier molecular flexibility index (Phi) is 4.27. The lowest BCUT2D eigenvalue weighted by atomic mass is 10.3. The molecule has 0 aliphatic rings. The van der Waals surface area contributed by atoms with Crippen molar-refractivity contribution in [2.75, 3.05) is 5.32 Å². The van der Waals surface area contributed by atoms with Crippen LogP contribution in [0, 0.1) is 0 Å². The molecule has 0 spiro atoms. The maximum atomic E-state index is 12.3. The van der Waals surface area contributed by atoms with Gasteiger partial charge in [0.25, 0.3) is 5.91 Å². The highest BCUT2D eigenvalue weighted by atomic mass is 79.9. The third-order valence-corrected chi connectivity index (χ3v) is 3.45. The quantitative estimate of drug-likeness (QED) is 0.852. The molecule has 0 bridgehead atoms. The van der Waals surface area contributed by atoms with Gasteiger partial charge in [0.05, 0.1) is 10.7 Å². The van der Waals surface area contributed by atoms with Gasteiger partial charge in [0, 0.05) is 18.4 Å². The number of pyridine rings is 1. The molecule has 0 aromatic carbocycles. The Morgan fingerprint density at radius 1 is 1.53 bits per heavy atom. The highest BCUT2D eigenvalue weighted by Crippen LogP contribution is 2.22. The SMILES string of the molecule is CC(C)n1cc(Cl)cc1C(=O)Nc1cccnc1Br. The van der Waals surface area contributed by atoms with Crippen LogP contribution in [0.1, 0.15) is 30.4 Å². The van der Waals surface area contributed by atoms with Gasteiger partial charge in [0.15, 0.2) is 0 Å². The number of carbonyl (C=O) groups is 1. The van der Waals surface area contributed by atoms with E-state index in [1.54, 1.807) is 30.6 Å². The molecule has 2 heterocycles. The minimum atomic E-state index is -0.214. The average Bonchev–Trinajstić information content (AvgIpc) is 2.74. The summed E-state index contributed by atoms with van der Waals surface area (Å²) in [6, 6.07) is 5.35. The Morgan fingerprint density at radius 3 is 2.89 bits per heavy atom. The Morgan fingerprint density at radius 2 is 2.26 bits per heavy atom. The predicted molar refractivity (Wildman–Crippen MR) is 79.7 cm³/mol. The number of amides is 1. The van der Waals surface area contributed by atoms with Gasteiger partial charge in [-0.3, -0.25) is 4.79 Å². The van der Waals surface area contributed by atoms with E-state index >= 15 is 0 Å². The van der Waals surface area contributed by atoms with E-state index in [0.29, 0.717) is 21.0 Å². The summed E-state index contributed by atoms with van der Waals surface area (Å²) in [5.41, 5.74) is 1.15. The summed E-state index contributed by atoms with van der Waals surface area (Å²) in [4.78, 5) is 16.3. The molecule has 2 rings (SSSR count). The molecule has 0 radical (unpaired) electrons. The van der Waals surface area contributed by atoms with E-state index in [1.165, 1.54) is 0 Å². The van der Waals surface area contributed by atoms with Crippen LogP contribution in [0.4, 0.5) is 5.69 Å². The summed E-state index contributed by atoms with van der Waals surface area (Å²) < 4.78 is 2.43. The van der Waals surface area contributed by atoms with Crippen LogP contribution in [0.5, 0.6) is 0 Å². The molecule has 100 valence electrons. The average molecular weight is 343 g/mol. The fraction of sp³-hybridized carbons (Fsp3) is 0.231. The smallest absolute Gasteiger partial charge is 0.272 e. The zero-order valence-electron chi connectivity index (χ0n) is 10.5. The largest absolute Gasteiger partial charge is 0.339 e. The molecule has 19 heavy (non-hydrogen) atoms. The third kappa shape index (κ3) is 3.16. The lowest BCUT2D eigenvalue weighted by Crippen LogP contribution is -2.18. The number of carbonyl (C=O) groups excluding carboxylic acids is 1. The van der Waals surface area contributed by atoms with Gasteiger partial charge in [-0.05, 0) is 48.0 Å². The number of rotatable bonds is 3. The molecule has 1 amide bonds. The van der Waals surface area contributed by atoms with Gasteiger partial charge in [0.1, 0.15) is 10.3 Å². The van der Waals surface area contributed by atoms with Crippen LogP contribution in [0.15, 0.2) is 35.2 Å². The molecule has 0 saturated carbocycles. The maximum absolute atomic E-state index is 12.3. The Balaban J connectivity index is 2.28. The molecular formula is C13H13BrClN3O. The maximum Gasteiger partial charge on any atom is 0.272 e. The Labute approximate surface area is 124 Å². The molecule has 6 heteroatoms. The summed E-state index contributed by atoms with van der Waals surface area (Å²) in [6.07, 6.45) is 3.40. The molecule has 0 fully saturated rings. The van der Waals surface area contributed by atoms with E-state index in [-0.39, 0.29) is 11.9 Å².